The minimum Gasteiger partial charge on any atom is -0.480 e. The van der Waals surface area contributed by atoms with E-state index in [9.17, 15) is 19.6 Å². The summed E-state index contributed by atoms with van der Waals surface area (Å²) in [5, 5.41) is 21.7. The number of carbonyl (C=O) groups excluding carboxylic acids is 1. The molecule has 1 saturated heterocycles. The Labute approximate surface area is 138 Å². The number of aliphatic hydroxyl groups excluding tert-OH is 1. The number of likely N-dealkylation sites (tertiary alicyclic amines) is 1. The molecule has 0 saturated carbocycles. The summed E-state index contributed by atoms with van der Waals surface area (Å²) in [5.74, 6) is -2.29. The molecule has 0 aromatic rings. The molecule has 11 heteroatoms. The van der Waals surface area contributed by atoms with E-state index in [-0.39, 0.29) is 37.6 Å². The van der Waals surface area contributed by atoms with E-state index in [0.29, 0.717) is 6.42 Å². The molecule has 10 nitrogen and oxygen atoms in total. The molecule has 1 amide bonds. The van der Waals surface area contributed by atoms with Gasteiger partial charge in [-0.15, -0.1) is 4.91 Å². The Kier molecular flexibility index (Phi) is 6.76. The Bertz CT molecular complexity index is 498. The molecule has 1 heterocycles. The van der Waals surface area contributed by atoms with Gasteiger partial charge >= 0.3 is 5.97 Å². The highest BCUT2D eigenvalue weighted by Crippen LogP contribution is 2.28. The molecule has 0 bridgehead atoms. The van der Waals surface area contributed by atoms with Crippen LogP contribution in [0.15, 0.2) is 10.2 Å². The number of amides is 1. The molecular weight excluding hydrogens is 326 g/mol. The second-order valence-corrected chi connectivity index (χ2v) is 5.71. The van der Waals surface area contributed by atoms with Gasteiger partial charge in [0.2, 0.25) is 0 Å². The quantitative estimate of drug-likeness (QED) is 0.117. The number of hydrogen-bond acceptors (Lipinski definition) is 7. The van der Waals surface area contributed by atoms with Crippen LogP contribution in [-0.4, -0.2) is 69.5 Å². The van der Waals surface area contributed by atoms with Crippen molar-refractivity contribution in [3.8, 4) is 0 Å². The number of guanidine groups is 1. The van der Waals surface area contributed by atoms with Gasteiger partial charge in [0, 0.05) is 25.3 Å². The SMILES string of the molecule is NC(N)=NCCCC(CS)(N=O)C(=O)N1CC(O)C[C@H]1C(=O)O. The Hall–Kier alpha value is -1.88. The number of hydrogen-bond donors (Lipinski definition) is 5. The van der Waals surface area contributed by atoms with Crippen LogP contribution in [-0.2, 0) is 9.59 Å². The smallest absolute Gasteiger partial charge is 0.326 e. The number of nitrogens with zero attached hydrogens (tertiary/aromatic N) is 3. The molecule has 0 aromatic carbocycles. The Morgan fingerprint density at radius 3 is 2.52 bits per heavy atom. The van der Waals surface area contributed by atoms with Crippen molar-refractivity contribution in [1.29, 1.82) is 0 Å². The molecule has 0 radical (unpaired) electrons. The average Bonchev–Trinajstić information content (AvgIpc) is 2.89. The number of carboxylic acid groups (broad SMARTS) is 1. The van der Waals surface area contributed by atoms with Gasteiger partial charge in [-0.05, 0) is 12.8 Å². The maximum Gasteiger partial charge on any atom is 0.326 e. The summed E-state index contributed by atoms with van der Waals surface area (Å²) in [6, 6.07) is -1.18. The van der Waals surface area contributed by atoms with Crippen molar-refractivity contribution in [2.45, 2.75) is 36.9 Å². The van der Waals surface area contributed by atoms with Gasteiger partial charge < -0.3 is 26.6 Å². The van der Waals surface area contributed by atoms with Crippen molar-refractivity contribution >= 4 is 30.5 Å². The topological polar surface area (TPSA) is 172 Å². The van der Waals surface area contributed by atoms with Gasteiger partial charge in [-0.1, -0.05) is 5.18 Å². The first-order valence-corrected chi connectivity index (χ1v) is 7.63. The van der Waals surface area contributed by atoms with Crippen LogP contribution in [0.1, 0.15) is 19.3 Å². The number of nitroso groups, excluding NO2 is 1. The molecule has 3 atom stereocenters. The van der Waals surface area contributed by atoms with Crippen LogP contribution >= 0.6 is 12.6 Å². The van der Waals surface area contributed by atoms with E-state index in [1.54, 1.807) is 0 Å². The predicted octanol–water partition coefficient (Wildman–Crippen LogP) is -1.48. The van der Waals surface area contributed by atoms with E-state index in [4.69, 9.17) is 16.6 Å². The minimum atomic E-state index is -1.71. The lowest BCUT2D eigenvalue weighted by Gasteiger charge is -2.30. The summed E-state index contributed by atoms with van der Waals surface area (Å²) in [6.45, 7) is 0.0421. The Morgan fingerprint density at radius 1 is 1.39 bits per heavy atom. The summed E-state index contributed by atoms with van der Waals surface area (Å²) in [7, 11) is 0. The van der Waals surface area contributed by atoms with Crippen LogP contribution in [0.4, 0.5) is 0 Å². The standard InChI is InChI=1S/C12H21N5O5S/c13-11(14)15-3-1-2-12(6-23,16-22)10(21)17-5-7(18)4-8(17)9(19)20/h7-8,18,23H,1-6H2,(H,19,20)(H4,13,14,15)/t7?,8-,12?/m0/s1. The number of carboxylic acids is 1. The second-order valence-electron chi connectivity index (χ2n) is 5.39. The molecule has 0 spiro atoms. The van der Waals surface area contributed by atoms with Gasteiger partial charge in [0.1, 0.15) is 6.04 Å². The summed E-state index contributed by atoms with van der Waals surface area (Å²) < 4.78 is 0. The largest absolute Gasteiger partial charge is 0.480 e. The van der Waals surface area contributed by atoms with E-state index in [1.165, 1.54) is 0 Å². The second kappa shape index (κ2) is 8.11. The molecule has 1 aliphatic heterocycles. The van der Waals surface area contributed by atoms with Crippen LogP contribution in [0, 0.1) is 4.91 Å². The van der Waals surface area contributed by atoms with Crippen LogP contribution in [0.2, 0.25) is 0 Å². The van der Waals surface area contributed by atoms with Crippen molar-refractivity contribution in [3.63, 3.8) is 0 Å². The summed E-state index contributed by atoms with van der Waals surface area (Å²) in [5.41, 5.74) is 8.68. The number of aliphatic hydroxyl groups is 1. The van der Waals surface area contributed by atoms with Crippen molar-refractivity contribution in [3.05, 3.63) is 4.91 Å². The van der Waals surface area contributed by atoms with Crippen LogP contribution in [0.5, 0.6) is 0 Å². The number of rotatable bonds is 8. The van der Waals surface area contributed by atoms with E-state index >= 15 is 0 Å². The maximum absolute atomic E-state index is 12.6. The van der Waals surface area contributed by atoms with Gasteiger partial charge in [0.25, 0.3) is 5.91 Å². The van der Waals surface area contributed by atoms with Crippen LogP contribution in [0.3, 0.4) is 0 Å². The molecule has 130 valence electrons. The van der Waals surface area contributed by atoms with Crippen LogP contribution < -0.4 is 11.5 Å². The van der Waals surface area contributed by atoms with Crippen molar-refractivity contribution < 1.29 is 19.8 Å². The molecule has 2 unspecified atom stereocenters. The van der Waals surface area contributed by atoms with Gasteiger partial charge in [-0.2, -0.15) is 12.6 Å². The van der Waals surface area contributed by atoms with Crippen LogP contribution in [0.25, 0.3) is 0 Å². The fraction of sp³-hybridized carbons (Fsp3) is 0.750. The molecule has 0 aromatic heterocycles. The molecule has 1 aliphatic rings. The van der Waals surface area contributed by atoms with Gasteiger partial charge in [0.15, 0.2) is 11.5 Å². The number of aliphatic carboxylic acids is 1. The number of thiol groups is 1. The highest BCUT2D eigenvalue weighted by Gasteiger charge is 2.48. The van der Waals surface area contributed by atoms with Crippen molar-refractivity contribution in [2.75, 3.05) is 18.8 Å². The van der Waals surface area contributed by atoms with E-state index in [2.05, 4.69) is 22.8 Å². The minimum absolute atomic E-state index is 0.0224. The Balaban J connectivity index is 2.90. The number of nitrogens with two attached hydrogens (primary N) is 2. The molecule has 1 rings (SSSR count). The van der Waals surface area contributed by atoms with Crippen molar-refractivity contribution in [1.82, 2.24) is 4.90 Å². The fourth-order valence-corrected chi connectivity index (χ4v) is 2.84. The van der Waals surface area contributed by atoms with E-state index < -0.39 is 29.6 Å². The molecule has 6 N–H and O–H groups in total. The third-order valence-electron chi connectivity index (χ3n) is 3.70. The lowest BCUT2D eigenvalue weighted by molar-refractivity contribution is -0.150. The monoisotopic (exact) mass is 347 g/mol. The zero-order chi connectivity index (χ0) is 17.6. The Morgan fingerprint density at radius 2 is 2.04 bits per heavy atom. The third kappa shape index (κ3) is 4.55. The van der Waals surface area contributed by atoms with E-state index in [0.717, 1.165) is 4.90 Å². The summed E-state index contributed by atoms with van der Waals surface area (Å²) >= 11 is 4.02. The zero-order valence-corrected chi connectivity index (χ0v) is 13.4. The van der Waals surface area contributed by atoms with Gasteiger partial charge in [-0.3, -0.25) is 9.79 Å². The first-order valence-electron chi connectivity index (χ1n) is 7.00. The summed E-state index contributed by atoms with van der Waals surface area (Å²) in [6.07, 6.45) is -0.721. The number of β-amino-alcohol motifs (C(OH)–C–C–N with tert-alkyl or cyclic N) is 1. The lowest BCUT2D eigenvalue weighted by Crippen LogP contribution is -2.52. The molecule has 23 heavy (non-hydrogen) atoms. The van der Waals surface area contributed by atoms with Gasteiger partial charge in [-0.25, -0.2) is 4.79 Å². The van der Waals surface area contributed by atoms with Crippen molar-refractivity contribution in [2.24, 2.45) is 21.6 Å². The third-order valence-corrected chi connectivity index (χ3v) is 4.23. The predicted molar refractivity (Wildman–Crippen MR) is 86.1 cm³/mol. The normalized spacial score (nSPS) is 23.1. The van der Waals surface area contributed by atoms with E-state index in [1.807, 2.05) is 0 Å². The molecular formula is C12H21N5O5S. The number of aliphatic imine (C=N–C) groups is 1. The highest BCUT2D eigenvalue weighted by atomic mass is 32.1. The maximum atomic E-state index is 12.6. The zero-order valence-electron chi connectivity index (χ0n) is 12.5. The highest BCUT2D eigenvalue weighted by molar-refractivity contribution is 7.80. The first kappa shape index (κ1) is 19.2. The summed E-state index contributed by atoms with van der Waals surface area (Å²) in [4.78, 5) is 39.9. The van der Waals surface area contributed by atoms with Gasteiger partial charge in [0.05, 0.1) is 6.10 Å². The lowest BCUT2D eigenvalue weighted by atomic mass is 9.94. The fourth-order valence-electron chi connectivity index (χ4n) is 2.49. The average molecular weight is 347 g/mol. The first-order chi connectivity index (χ1) is 10.8. The molecule has 1 fully saturated rings. The number of carbonyl (C=O) groups is 2. The molecule has 0 aliphatic carbocycles.